The lowest BCUT2D eigenvalue weighted by atomic mass is 10.0. The van der Waals surface area contributed by atoms with Crippen LogP contribution in [0.3, 0.4) is 0 Å². The number of aryl methyl sites for hydroxylation is 2. The second kappa shape index (κ2) is 6.13. The topological polar surface area (TPSA) is 60.2 Å². The van der Waals surface area contributed by atoms with Crippen LogP contribution in [0.5, 0.6) is 0 Å². The minimum Gasteiger partial charge on any atom is -0.289 e. The molecule has 4 heteroatoms. The minimum atomic E-state index is -0.485. The lowest BCUT2D eigenvalue weighted by Gasteiger charge is -2.04. The number of non-ortho nitro benzene ring substituents is 1. The number of hydrogen-bond acceptors (Lipinski definition) is 3. The highest BCUT2D eigenvalue weighted by molar-refractivity contribution is 6.07. The van der Waals surface area contributed by atoms with Gasteiger partial charge in [-0.15, -0.1) is 0 Å². The summed E-state index contributed by atoms with van der Waals surface area (Å²) in [5.74, 6) is -0.174. The van der Waals surface area contributed by atoms with E-state index in [-0.39, 0.29) is 11.5 Å². The van der Waals surface area contributed by atoms with Crippen LogP contribution in [-0.2, 0) is 0 Å². The van der Waals surface area contributed by atoms with Crippen molar-refractivity contribution in [2.45, 2.75) is 13.8 Å². The van der Waals surface area contributed by atoms with E-state index in [1.165, 1.54) is 30.3 Å². The molecule has 0 N–H and O–H groups in total. The molecule has 0 atom stereocenters. The van der Waals surface area contributed by atoms with E-state index >= 15 is 0 Å². The smallest absolute Gasteiger partial charge is 0.269 e. The Labute approximate surface area is 122 Å². The van der Waals surface area contributed by atoms with Crippen LogP contribution in [-0.4, -0.2) is 10.7 Å². The summed E-state index contributed by atoms with van der Waals surface area (Å²) < 4.78 is 0. The number of rotatable bonds is 4. The number of allylic oxidation sites excluding steroid dienone is 1. The van der Waals surface area contributed by atoms with Crippen LogP contribution < -0.4 is 0 Å². The quantitative estimate of drug-likeness (QED) is 0.367. The highest BCUT2D eigenvalue weighted by Crippen LogP contribution is 2.16. The molecule has 0 saturated carbocycles. The highest BCUT2D eigenvalue weighted by Gasteiger charge is 2.07. The Balaban J connectivity index is 2.21. The Bertz CT molecular complexity index is 695. The monoisotopic (exact) mass is 281 g/mol. The van der Waals surface area contributed by atoms with E-state index in [2.05, 4.69) is 0 Å². The number of carbonyl (C=O) groups excluding carboxylic acids is 1. The van der Waals surface area contributed by atoms with Crippen LogP contribution in [0.25, 0.3) is 6.08 Å². The Morgan fingerprint density at radius 2 is 1.62 bits per heavy atom. The summed E-state index contributed by atoms with van der Waals surface area (Å²) in [6.45, 7) is 3.98. The van der Waals surface area contributed by atoms with Gasteiger partial charge in [-0.2, -0.15) is 0 Å². The summed E-state index contributed by atoms with van der Waals surface area (Å²) in [4.78, 5) is 22.2. The molecule has 0 unspecified atom stereocenters. The van der Waals surface area contributed by atoms with E-state index in [9.17, 15) is 14.9 Å². The lowest BCUT2D eigenvalue weighted by molar-refractivity contribution is -0.384. The number of ketones is 1. The summed E-state index contributed by atoms with van der Waals surface area (Å²) in [7, 11) is 0. The maximum absolute atomic E-state index is 12.1. The van der Waals surface area contributed by atoms with Crippen LogP contribution in [0.1, 0.15) is 27.0 Å². The molecule has 106 valence electrons. The van der Waals surface area contributed by atoms with Gasteiger partial charge in [0, 0.05) is 17.7 Å². The van der Waals surface area contributed by atoms with Gasteiger partial charge in [-0.25, -0.2) is 0 Å². The van der Waals surface area contributed by atoms with E-state index in [0.717, 1.165) is 16.7 Å². The predicted octanol–water partition coefficient (Wildman–Crippen LogP) is 4.11. The molecule has 0 bridgehead atoms. The third-order valence-electron chi connectivity index (χ3n) is 3.31. The predicted molar refractivity (Wildman–Crippen MR) is 82.4 cm³/mol. The van der Waals surface area contributed by atoms with Crippen LogP contribution in [0.15, 0.2) is 48.5 Å². The first kappa shape index (κ1) is 14.7. The zero-order valence-electron chi connectivity index (χ0n) is 11.9. The molecule has 0 aliphatic carbocycles. The molecule has 0 aliphatic rings. The first-order valence-electron chi connectivity index (χ1n) is 6.52. The van der Waals surface area contributed by atoms with Crippen molar-refractivity contribution in [3.63, 3.8) is 0 Å². The molecular weight excluding hydrogens is 266 g/mol. The number of nitrogens with zero attached hydrogens (tertiary/aromatic N) is 1. The number of benzene rings is 2. The summed E-state index contributed by atoms with van der Waals surface area (Å²) in [6, 6.07) is 11.6. The molecule has 0 radical (unpaired) electrons. The average molecular weight is 281 g/mol. The van der Waals surface area contributed by atoms with Crippen molar-refractivity contribution in [2.24, 2.45) is 0 Å². The fraction of sp³-hybridized carbons (Fsp3) is 0.118. The second-order valence-corrected chi connectivity index (χ2v) is 4.81. The van der Waals surface area contributed by atoms with E-state index in [0.29, 0.717) is 5.56 Å². The summed E-state index contributed by atoms with van der Waals surface area (Å²) in [5.41, 5.74) is 3.63. The Kier molecular flexibility index (Phi) is 4.28. The van der Waals surface area contributed by atoms with Gasteiger partial charge in [0.2, 0.25) is 0 Å². The third-order valence-corrected chi connectivity index (χ3v) is 3.31. The van der Waals surface area contributed by atoms with E-state index < -0.39 is 4.92 Å². The molecule has 2 aromatic carbocycles. The van der Waals surface area contributed by atoms with Crippen LogP contribution in [0, 0.1) is 24.0 Å². The van der Waals surface area contributed by atoms with Crippen molar-refractivity contribution in [3.8, 4) is 0 Å². The van der Waals surface area contributed by atoms with Crippen molar-refractivity contribution < 1.29 is 9.72 Å². The molecule has 0 saturated heterocycles. The molecular formula is C17H15NO3. The summed E-state index contributed by atoms with van der Waals surface area (Å²) >= 11 is 0. The van der Waals surface area contributed by atoms with Gasteiger partial charge in [0.05, 0.1) is 4.92 Å². The van der Waals surface area contributed by atoms with E-state index in [1.54, 1.807) is 6.08 Å². The van der Waals surface area contributed by atoms with Crippen molar-refractivity contribution >= 4 is 17.5 Å². The highest BCUT2D eigenvalue weighted by atomic mass is 16.6. The van der Waals surface area contributed by atoms with Crippen molar-refractivity contribution in [1.29, 1.82) is 0 Å². The van der Waals surface area contributed by atoms with Gasteiger partial charge in [0.25, 0.3) is 5.69 Å². The number of carbonyl (C=O) groups is 1. The minimum absolute atomic E-state index is 0.0229. The van der Waals surface area contributed by atoms with Crippen LogP contribution in [0.4, 0.5) is 5.69 Å². The molecule has 0 aromatic heterocycles. The number of nitro benzene ring substituents is 1. The second-order valence-electron chi connectivity index (χ2n) is 4.81. The van der Waals surface area contributed by atoms with Gasteiger partial charge >= 0.3 is 0 Å². The summed E-state index contributed by atoms with van der Waals surface area (Å²) in [6.07, 6.45) is 3.28. The van der Waals surface area contributed by atoms with Gasteiger partial charge in [0.1, 0.15) is 0 Å². The maximum atomic E-state index is 12.1. The maximum Gasteiger partial charge on any atom is 0.269 e. The first-order chi connectivity index (χ1) is 9.99. The average Bonchev–Trinajstić information content (AvgIpc) is 2.46. The SMILES string of the molecule is Cc1cccc(C)c1C=CC(=O)c1ccc([N+](=O)[O-])cc1. The molecule has 0 heterocycles. The van der Waals surface area contributed by atoms with Crippen molar-refractivity contribution in [2.75, 3.05) is 0 Å². The largest absolute Gasteiger partial charge is 0.289 e. The standard InChI is InChI=1S/C17H15NO3/c1-12-4-3-5-13(2)16(12)10-11-17(19)14-6-8-15(9-7-14)18(20)21/h3-11H,1-2H3. The third kappa shape index (κ3) is 3.42. The molecule has 0 spiro atoms. The Morgan fingerprint density at radius 1 is 1.05 bits per heavy atom. The Morgan fingerprint density at radius 3 is 2.14 bits per heavy atom. The lowest BCUT2D eigenvalue weighted by Crippen LogP contribution is -1.95. The van der Waals surface area contributed by atoms with Crippen LogP contribution >= 0.6 is 0 Å². The molecule has 0 fully saturated rings. The zero-order chi connectivity index (χ0) is 15.4. The van der Waals surface area contributed by atoms with Gasteiger partial charge in [-0.05, 0) is 48.7 Å². The van der Waals surface area contributed by atoms with Gasteiger partial charge in [0.15, 0.2) is 5.78 Å². The fourth-order valence-corrected chi connectivity index (χ4v) is 2.09. The molecule has 21 heavy (non-hydrogen) atoms. The van der Waals surface area contributed by atoms with Crippen LogP contribution in [0.2, 0.25) is 0 Å². The molecule has 0 amide bonds. The number of nitro groups is 1. The Hall–Kier alpha value is -2.75. The van der Waals surface area contributed by atoms with Crippen molar-refractivity contribution in [1.82, 2.24) is 0 Å². The van der Waals surface area contributed by atoms with Gasteiger partial charge in [-0.1, -0.05) is 24.3 Å². The molecule has 4 nitrogen and oxygen atoms in total. The fourth-order valence-electron chi connectivity index (χ4n) is 2.09. The first-order valence-corrected chi connectivity index (χ1v) is 6.52. The summed E-state index contributed by atoms with van der Waals surface area (Å²) in [5, 5.41) is 10.6. The number of hydrogen-bond donors (Lipinski definition) is 0. The van der Waals surface area contributed by atoms with E-state index in [4.69, 9.17) is 0 Å². The van der Waals surface area contributed by atoms with E-state index in [1.807, 2.05) is 32.0 Å². The normalized spacial score (nSPS) is 10.8. The van der Waals surface area contributed by atoms with Gasteiger partial charge in [-0.3, -0.25) is 14.9 Å². The van der Waals surface area contributed by atoms with Crippen molar-refractivity contribution in [3.05, 3.63) is 80.9 Å². The molecule has 0 aliphatic heterocycles. The molecule has 2 aromatic rings. The zero-order valence-corrected chi connectivity index (χ0v) is 11.9. The van der Waals surface area contributed by atoms with Gasteiger partial charge < -0.3 is 0 Å². The molecule has 2 rings (SSSR count).